The fraction of sp³-hybridized carbons (Fsp3) is 0.238. The number of piperazine rings is 1. The van der Waals surface area contributed by atoms with Gasteiger partial charge in [0.25, 0.3) is 5.91 Å². The maximum Gasteiger partial charge on any atom is 0.332 e. The van der Waals surface area contributed by atoms with Gasteiger partial charge in [-0.05, 0) is 23.6 Å². The Morgan fingerprint density at radius 1 is 1.00 bits per heavy atom. The van der Waals surface area contributed by atoms with E-state index in [9.17, 15) is 9.59 Å². The number of anilines is 1. The first-order valence-electron chi connectivity index (χ1n) is 9.21. The lowest BCUT2D eigenvalue weighted by atomic mass is 10.1. The summed E-state index contributed by atoms with van der Waals surface area (Å²) >= 11 is 7.59. The Hall–Kier alpha value is -2.41. The van der Waals surface area contributed by atoms with Crippen molar-refractivity contribution in [3.63, 3.8) is 0 Å². The average Bonchev–Trinajstić information content (AvgIpc) is 3.22. The molecule has 0 radical (unpaired) electrons. The number of carbonyl (C=O) groups is 2. The molecule has 0 N–H and O–H groups in total. The number of carbonyl (C=O) groups excluding carboxylic acids is 2. The highest BCUT2D eigenvalue weighted by molar-refractivity contribution is 7.16. The fourth-order valence-corrected chi connectivity index (χ4v) is 5.21. The van der Waals surface area contributed by atoms with E-state index < -0.39 is 6.04 Å². The number of fused-ring (bicyclic) bond motifs is 2. The van der Waals surface area contributed by atoms with E-state index in [1.54, 1.807) is 16.2 Å². The zero-order chi connectivity index (χ0) is 19.3. The van der Waals surface area contributed by atoms with Gasteiger partial charge in [0.05, 0.1) is 10.0 Å². The van der Waals surface area contributed by atoms with Crippen LogP contribution in [0.3, 0.4) is 0 Å². The van der Waals surface area contributed by atoms with Gasteiger partial charge in [-0.1, -0.05) is 48.0 Å². The van der Waals surface area contributed by atoms with Gasteiger partial charge in [0.1, 0.15) is 6.04 Å². The first kappa shape index (κ1) is 17.7. The van der Waals surface area contributed by atoms with Crippen LogP contribution in [0, 0.1) is 0 Å². The van der Waals surface area contributed by atoms with Crippen molar-refractivity contribution in [3.05, 3.63) is 63.8 Å². The number of imide groups is 1. The molecule has 5 rings (SSSR count). The summed E-state index contributed by atoms with van der Waals surface area (Å²) in [6.45, 7) is 2.59. The van der Waals surface area contributed by atoms with Crippen LogP contribution in [0.15, 0.2) is 54.6 Å². The lowest BCUT2D eigenvalue weighted by Gasteiger charge is -2.34. The zero-order valence-corrected chi connectivity index (χ0v) is 16.6. The topological polar surface area (TPSA) is 43.9 Å². The van der Waals surface area contributed by atoms with Crippen LogP contribution in [-0.2, 0) is 11.3 Å². The number of benzene rings is 2. The minimum absolute atomic E-state index is 0.143. The first-order valence-corrected chi connectivity index (χ1v) is 10.4. The third-order valence-corrected chi connectivity index (χ3v) is 6.64. The van der Waals surface area contributed by atoms with E-state index in [1.807, 2.05) is 54.6 Å². The van der Waals surface area contributed by atoms with Crippen molar-refractivity contribution in [1.29, 1.82) is 0 Å². The summed E-state index contributed by atoms with van der Waals surface area (Å²) in [6, 6.07) is 16.8. The molecular weight excluding hydrogens is 394 g/mol. The molecule has 0 saturated carbocycles. The Labute approximate surface area is 171 Å². The van der Waals surface area contributed by atoms with E-state index in [2.05, 4.69) is 4.90 Å². The van der Waals surface area contributed by atoms with Gasteiger partial charge in [0.2, 0.25) is 0 Å². The van der Waals surface area contributed by atoms with Gasteiger partial charge in [-0.2, -0.15) is 0 Å². The fourth-order valence-electron chi connectivity index (χ4n) is 4.08. The summed E-state index contributed by atoms with van der Waals surface area (Å²) in [5.74, 6) is -0.143. The maximum absolute atomic E-state index is 13.2. The van der Waals surface area contributed by atoms with Crippen molar-refractivity contribution in [3.8, 4) is 0 Å². The van der Waals surface area contributed by atoms with Crippen molar-refractivity contribution in [2.75, 3.05) is 24.5 Å². The van der Waals surface area contributed by atoms with E-state index in [4.69, 9.17) is 11.6 Å². The summed E-state index contributed by atoms with van der Waals surface area (Å²) in [5.41, 5.74) is 0.666. The lowest BCUT2D eigenvalue weighted by Crippen LogP contribution is -2.52. The number of nitrogens with zero attached hydrogens (tertiary/aromatic N) is 3. The summed E-state index contributed by atoms with van der Waals surface area (Å²) in [6.07, 6.45) is 0. The van der Waals surface area contributed by atoms with Crippen molar-refractivity contribution in [1.82, 2.24) is 9.80 Å². The number of urea groups is 1. The van der Waals surface area contributed by atoms with Crippen LogP contribution in [-0.4, -0.2) is 47.4 Å². The summed E-state index contributed by atoms with van der Waals surface area (Å²) in [5, 5.41) is 1.93. The third kappa shape index (κ3) is 2.89. The molecule has 0 aliphatic carbocycles. The van der Waals surface area contributed by atoms with E-state index in [0.717, 1.165) is 28.2 Å². The SMILES string of the molecule is O=C1C2CN(Cc3ccc(Cl)s3)CCN2C(=O)N1c1cccc2ccccc12. The molecule has 1 unspecified atom stereocenters. The van der Waals surface area contributed by atoms with Gasteiger partial charge in [-0.25, -0.2) is 9.69 Å². The second-order valence-corrected chi connectivity index (χ2v) is 8.90. The number of hydrogen-bond acceptors (Lipinski definition) is 4. The minimum Gasteiger partial charge on any atom is -0.309 e. The largest absolute Gasteiger partial charge is 0.332 e. The molecule has 2 aliphatic heterocycles. The zero-order valence-electron chi connectivity index (χ0n) is 15.0. The quantitative estimate of drug-likeness (QED) is 0.606. The van der Waals surface area contributed by atoms with E-state index in [-0.39, 0.29) is 11.9 Å². The van der Waals surface area contributed by atoms with Crippen molar-refractivity contribution < 1.29 is 9.59 Å². The van der Waals surface area contributed by atoms with Gasteiger partial charge in [0.15, 0.2) is 0 Å². The molecule has 0 bridgehead atoms. The number of amides is 3. The molecule has 2 aliphatic rings. The molecule has 3 aromatic rings. The first-order chi connectivity index (χ1) is 13.6. The van der Waals surface area contributed by atoms with Crippen molar-refractivity contribution in [2.24, 2.45) is 0 Å². The lowest BCUT2D eigenvalue weighted by molar-refractivity contribution is -0.121. The molecule has 1 atom stereocenters. The molecular formula is C21H18ClN3O2S. The van der Waals surface area contributed by atoms with Gasteiger partial charge in [-0.15, -0.1) is 11.3 Å². The molecule has 0 spiro atoms. The predicted octanol–water partition coefficient (Wildman–Crippen LogP) is 4.21. The molecule has 5 nitrogen and oxygen atoms in total. The van der Waals surface area contributed by atoms with Crippen molar-refractivity contribution >= 4 is 51.3 Å². The summed E-state index contributed by atoms with van der Waals surface area (Å²) in [4.78, 5) is 32.7. The van der Waals surface area contributed by atoms with Crippen LogP contribution in [0.25, 0.3) is 10.8 Å². The van der Waals surface area contributed by atoms with Gasteiger partial charge in [-0.3, -0.25) is 9.69 Å². The Morgan fingerprint density at radius 3 is 2.64 bits per heavy atom. The third-order valence-electron chi connectivity index (χ3n) is 5.42. The second kappa shape index (κ2) is 6.88. The molecule has 2 aromatic carbocycles. The molecule has 28 heavy (non-hydrogen) atoms. The standard InChI is InChI=1S/C21H18ClN3O2S/c22-19-9-8-15(28-19)12-23-10-11-24-18(13-23)20(26)25(21(24)27)17-7-3-5-14-4-1-2-6-16(14)17/h1-9,18H,10-13H2. The highest BCUT2D eigenvalue weighted by Gasteiger charge is 2.48. The van der Waals surface area contributed by atoms with E-state index in [1.165, 1.54) is 9.78 Å². The van der Waals surface area contributed by atoms with Crippen LogP contribution in [0.1, 0.15) is 4.88 Å². The Kier molecular flexibility index (Phi) is 4.34. The molecule has 2 fully saturated rings. The molecule has 7 heteroatoms. The Morgan fingerprint density at radius 2 is 1.82 bits per heavy atom. The van der Waals surface area contributed by atoms with Crippen LogP contribution in [0.5, 0.6) is 0 Å². The van der Waals surface area contributed by atoms with Crippen LogP contribution < -0.4 is 4.90 Å². The van der Waals surface area contributed by atoms with Crippen LogP contribution >= 0.6 is 22.9 Å². The molecule has 142 valence electrons. The normalized spacial score (nSPS) is 20.2. The van der Waals surface area contributed by atoms with Gasteiger partial charge >= 0.3 is 6.03 Å². The summed E-state index contributed by atoms with van der Waals surface area (Å²) < 4.78 is 0.767. The van der Waals surface area contributed by atoms with E-state index >= 15 is 0 Å². The van der Waals surface area contributed by atoms with E-state index in [0.29, 0.717) is 18.8 Å². The van der Waals surface area contributed by atoms with Gasteiger partial charge < -0.3 is 4.90 Å². The Balaban J connectivity index is 1.43. The summed E-state index contributed by atoms with van der Waals surface area (Å²) in [7, 11) is 0. The maximum atomic E-state index is 13.2. The molecule has 1 aromatic heterocycles. The Bertz CT molecular complexity index is 1080. The highest BCUT2D eigenvalue weighted by Crippen LogP contribution is 2.33. The van der Waals surface area contributed by atoms with Crippen LogP contribution in [0.4, 0.5) is 10.5 Å². The van der Waals surface area contributed by atoms with Crippen molar-refractivity contribution in [2.45, 2.75) is 12.6 Å². The number of thiophene rings is 1. The molecule has 3 heterocycles. The van der Waals surface area contributed by atoms with Crippen LogP contribution in [0.2, 0.25) is 4.34 Å². The average molecular weight is 412 g/mol. The number of halogens is 1. The van der Waals surface area contributed by atoms with Gasteiger partial charge in [0, 0.05) is 36.4 Å². The minimum atomic E-state index is -0.435. The number of rotatable bonds is 3. The monoisotopic (exact) mass is 411 g/mol. The smallest absolute Gasteiger partial charge is 0.309 e. The highest BCUT2D eigenvalue weighted by atomic mass is 35.5. The molecule has 3 amide bonds. The number of hydrogen-bond donors (Lipinski definition) is 0. The second-order valence-electron chi connectivity index (χ2n) is 7.10. The predicted molar refractivity (Wildman–Crippen MR) is 112 cm³/mol. The molecule has 2 saturated heterocycles.